The molecule has 2 heterocycles. The lowest BCUT2D eigenvalue weighted by atomic mass is 10.2. The van der Waals surface area contributed by atoms with E-state index in [2.05, 4.69) is 32.2 Å². The molecule has 1 fully saturated rings. The minimum atomic E-state index is -3.42. The molecule has 0 amide bonds. The zero-order valence-corrected chi connectivity index (χ0v) is 17.0. The fraction of sp³-hybridized carbons (Fsp3) is 0.688. The number of hydrogen-bond acceptors (Lipinski definition) is 6. The first kappa shape index (κ1) is 21.1. The lowest BCUT2D eigenvalue weighted by molar-refractivity contribution is 0.0220. The Labute approximate surface area is 160 Å². The number of nitrogens with zero attached hydrogens (tertiary/aromatic N) is 2. The predicted octanol–water partition coefficient (Wildman–Crippen LogP) is 0.302. The summed E-state index contributed by atoms with van der Waals surface area (Å²) in [7, 11) is -3.42. The second-order valence-electron chi connectivity index (χ2n) is 5.97. The van der Waals surface area contributed by atoms with Crippen LogP contribution >= 0.6 is 11.3 Å². The van der Waals surface area contributed by atoms with Crippen molar-refractivity contribution >= 4 is 27.3 Å². The zero-order valence-electron chi connectivity index (χ0n) is 15.4. The van der Waals surface area contributed by atoms with Gasteiger partial charge in [-0.1, -0.05) is 6.07 Å². The molecule has 148 valence electrons. The van der Waals surface area contributed by atoms with E-state index >= 15 is 0 Å². The Bertz CT molecular complexity index is 643. The SMILES string of the molecule is CCNC(=NCC(C)N1CCOCC1)NCCNS(=O)(=O)c1cccs1. The Morgan fingerprint density at radius 3 is 2.77 bits per heavy atom. The quantitative estimate of drug-likeness (QED) is 0.312. The smallest absolute Gasteiger partial charge is 0.250 e. The van der Waals surface area contributed by atoms with Crippen molar-refractivity contribution in [2.24, 2.45) is 4.99 Å². The van der Waals surface area contributed by atoms with Crippen molar-refractivity contribution in [2.45, 2.75) is 24.1 Å². The molecule has 0 aromatic carbocycles. The molecule has 1 aliphatic heterocycles. The highest BCUT2D eigenvalue weighted by molar-refractivity contribution is 7.91. The van der Waals surface area contributed by atoms with Crippen LogP contribution in [0.15, 0.2) is 26.7 Å². The number of thiophene rings is 1. The molecule has 1 atom stereocenters. The third-order valence-electron chi connectivity index (χ3n) is 4.00. The van der Waals surface area contributed by atoms with Crippen molar-refractivity contribution in [1.29, 1.82) is 0 Å². The van der Waals surface area contributed by atoms with Gasteiger partial charge in [0.05, 0.1) is 19.8 Å². The molecule has 10 heteroatoms. The molecule has 1 aromatic rings. The van der Waals surface area contributed by atoms with Gasteiger partial charge in [0.2, 0.25) is 10.0 Å². The van der Waals surface area contributed by atoms with Crippen LogP contribution in [0.2, 0.25) is 0 Å². The standard InChI is InChI=1S/C16H29N5O3S2/c1-3-17-16(19-13-14(2)21-8-10-24-11-9-21)18-6-7-20-26(22,23)15-5-4-12-25-15/h4-5,12,14,20H,3,6-11,13H2,1-2H3,(H2,17,18,19). The predicted molar refractivity (Wildman–Crippen MR) is 105 cm³/mol. The zero-order chi connectivity index (χ0) is 18.8. The Balaban J connectivity index is 1.76. The van der Waals surface area contributed by atoms with Crippen LogP contribution in [-0.2, 0) is 14.8 Å². The summed E-state index contributed by atoms with van der Waals surface area (Å²) < 4.78 is 32.4. The van der Waals surface area contributed by atoms with Crippen molar-refractivity contribution in [3.8, 4) is 0 Å². The highest BCUT2D eigenvalue weighted by atomic mass is 32.2. The van der Waals surface area contributed by atoms with Crippen LogP contribution in [0.1, 0.15) is 13.8 Å². The van der Waals surface area contributed by atoms with E-state index in [0.717, 1.165) is 32.8 Å². The minimum absolute atomic E-state index is 0.295. The molecule has 1 saturated heterocycles. The number of guanidine groups is 1. The lowest BCUT2D eigenvalue weighted by Crippen LogP contribution is -2.45. The summed E-state index contributed by atoms with van der Waals surface area (Å²) in [5.41, 5.74) is 0. The van der Waals surface area contributed by atoms with E-state index in [1.807, 2.05) is 6.92 Å². The number of hydrogen-bond donors (Lipinski definition) is 3. The highest BCUT2D eigenvalue weighted by Crippen LogP contribution is 2.14. The summed E-state index contributed by atoms with van der Waals surface area (Å²) in [6, 6.07) is 3.66. The molecule has 3 N–H and O–H groups in total. The van der Waals surface area contributed by atoms with Crippen LogP contribution in [0.5, 0.6) is 0 Å². The van der Waals surface area contributed by atoms with Gasteiger partial charge in [0.25, 0.3) is 0 Å². The maximum absolute atomic E-state index is 12.1. The van der Waals surface area contributed by atoms with E-state index < -0.39 is 10.0 Å². The van der Waals surface area contributed by atoms with Gasteiger partial charge >= 0.3 is 0 Å². The van der Waals surface area contributed by atoms with Gasteiger partial charge in [-0.05, 0) is 25.3 Å². The summed E-state index contributed by atoms with van der Waals surface area (Å²) in [5, 5.41) is 8.10. The molecule has 1 aliphatic rings. The molecule has 0 saturated carbocycles. The third kappa shape index (κ3) is 6.84. The molecule has 26 heavy (non-hydrogen) atoms. The maximum Gasteiger partial charge on any atom is 0.250 e. The molecule has 2 rings (SSSR count). The molecule has 0 radical (unpaired) electrons. The van der Waals surface area contributed by atoms with E-state index in [4.69, 9.17) is 4.74 Å². The Kier molecular flexibility index (Phi) is 8.79. The highest BCUT2D eigenvalue weighted by Gasteiger charge is 2.17. The number of sulfonamides is 1. The van der Waals surface area contributed by atoms with Gasteiger partial charge in [0.1, 0.15) is 4.21 Å². The lowest BCUT2D eigenvalue weighted by Gasteiger charge is -2.31. The normalized spacial score (nSPS) is 17.8. The van der Waals surface area contributed by atoms with Gasteiger partial charge in [0.15, 0.2) is 5.96 Å². The molecule has 0 bridgehead atoms. The summed E-state index contributed by atoms with van der Waals surface area (Å²) >= 11 is 1.21. The van der Waals surface area contributed by atoms with Crippen molar-refractivity contribution in [2.75, 3.05) is 52.5 Å². The molecule has 0 aliphatic carbocycles. The average Bonchev–Trinajstić information content (AvgIpc) is 3.19. The maximum atomic E-state index is 12.1. The van der Waals surface area contributed by atoms with Crippen LogP contribution in [0.25, 0.3) is 0 Å². The van der Waals surface area contributed by atoms with Gasteiger partial charge in [-0.3, -0.25) is 9.89 Å². The van der Waals surface area contributed by atoms with Gasteiger partial charge in [-0.25, -0.2) is 13.1 Å². The van der Waals surface area contributed by atoms with Crippen LogP contribution in [0.3, 0.4) is 0 Å². The first-order valence-electron chi connectivity index (χ1n) is 8.90. The first-order chi connectivity index (χ1) is 12.5. The molecular weight excluding hydrogens is 374 g/mol. The van der Waals surface area contributed by atoms with E-state index in [1.54, 1.807) is 17.5 Å². The Morgan fingerprint density at radius 2 is 2.12 bits per heavy atom. The van der Waals surface area contributed by atoms with E-state index in [1.165, 1.54) is 11.3 Å². The Morgan fingerprint density at radius 1 is 1.35 bits per heavy atom. The largest absolute Gasteiger partial charge is 0.379 e. The van der Waals surface area contributed by atoms with Crippen molar-refractivity contribution < 1.29 is 13.2 Å². The van der Waals surface area contributed by atoms with Gasteiger partial charge in [-0.15, -0.1) is 11.3 Å². The van der Waals surface area contributed by atoms with Crippen LogP contribution in [0, 0.1) is 0 Å². The van der Waals surface area contributed by atoms with Crippen LogP contribution in [-0.4, -0.2) is 77.8 Å². The summed E-state index contributed by atoms with van der Waals surface area (Å²) in [4.78, 5) is 6.98. The summed E-state index contributed by atoms with van der Waals surface area (Å²) in [6.45, 7) is 9.76. The second-order valence-corrected chi connectivity index (χ2v) is 8.92. The van der Waals surface area contributed by atoms with Crippen LogP contribution in [0.4, 0.5) is 0 Å². The fourth-order valence-electron chi connectivity index (χ4n) is 2.55. The number of ether oxygens (including phenoxy) is 1. The summed E-state index contributed by atoms with van der Waals surface area (Å²) in [6.07, 6.45) is 0. The number of aliphatic imine (C=N–C) groups is 1. The van der Waals surface area contributed by atoms with Crippen molar-refractivity contribution in [1.82, 2.24) is 20.3 Å². The Hall–Kier alpha value is -1.20. The fourth-order valence-corrected chi connectivity index (χ4v) is 4.62. The van der Waals surface area contributed by atoms with Gasteiger partial charge in [0, 0.05) is 38.8 Å². The van der Waals surface area contributed by atoms with E-state index in [0.29, 0.717) is 35.8 Å². The third-order valence-corrected chi connectivity index (χ3v) is 6.85. The van der Waals surface area contributed by atoms with Crippen molar-refractivity contribution in [3.63, 3.8) is 0 Å². The number of nitrogens with one attached hydrogen (secondary N) is 3. The van der Waals surface area contributed by atoms with Crippen molar-refractivity contribution in [3.05, 3.63) is 17.5 Å². The van der Waals surface area contributed by atoms with Gasteiger partial charge < -0.3 is 15.4 Å². The average molecular weight is 404 g/mol. The molecule has 1 aromatic heterocycles. The van der Waals surface area contributed by atoms with E-state index in [9.17, 15) is 8.42 Å². The molecule has 0 spiro atoms. The monoisotopic (exact) mass is 403 g/mol. The minimum Gasteiger partial charge on any atom is -0.379 e. The number of rotatable bonds is 9. The number of morpholine rings is 1. The molecule has 1 unspecified atom stereocenters. The topological polar surface area (TPSA) is 95.1 Å². The second kappa shape index (κ2) is 10.8. The van der Waals surface area contributed by atoms with Crippen LogP contribution < -0.4 is 15.4 Å². The summed E-state index contributed by atoms with van der Waals surface area (Å²) in [5.74, 6) is 0.697. The van der Waals surface area contributed by atoms with E-state index in [-0.39, 0.29) is 0 Å². The molecular formula is C16H29N5O3S2. The van der Waals surface area contributed by atoms with Gasteiger partial charge in [-0.2, -0.15) is 0 Å². The molecule has 8 nitrogen and oxygen atoms in total. The first-order valence-corrected chi connectivity index (χ1v) is 11.3.